The van der Waals surface area contributed by atoms with Crippen molar-refractivity contribution in [2.75, 3.05) is 64.7 Å². The highest BCUT2D eigenvalue weighted by Gasteiger charge is 2.51. The zero-order valence-corrected chi connectivity index (χ0v) is 32.1. The van der Waals surface area contributed by atoms with Crippen LogP contribution in [0.2, 0.25) is 5.02 Å². The molecule has 5 fully saturated rings. The van der Waals surface area contributed by atoms with Gasteiger partial charge in [-0.1, -0.05) is 18.0 Å². The summed E-state index contributed by atoms with van der Waals surface area (Å²) in [6.07, 6.45) is 13.7. The van der Waals surface area contributed by atoms with Gasteiger partial charge in [0, 0.05) is 59.8 Å². The number of aromatic nitrogens is 5. The molecule has 0 radical (unpaired) electrons. The summed E-state index contributed by atoms with van der Waals surface area (Å²) in [7, 11) is 1.51. The number of aromatic amines is 1. The number of ether oxygens (including phenoxy) is 4. The fourth-order valence-electron chi connectivity index (χ4n) is 10.6. The van der Waals surface area contributed by atoms with Crippen molar-refractivity contribution < 1.29 is 28.4 Å². The molecular formula is C40H51ClFN7O5. The van der Waals surface area contributed by atoms with Crippen LogP contribution in [0, 0.1) is 23.6 Å². The van der Waals surface area contributed by atoms with E-state index in [2.05, 4.69) is 15.1 Å². The lowest BCUT2D eigenvalue weighted by molar-refractivity contribution is -0.0405. The highest BCUT2D eigenvalue weighted by atomic mass is 35.5. The zero-order valence-electron chi connectivity index (χ0n) is 31.3. The van der Waals surface area contributed by atoms with Gasteiger partial charge in [0.1, 0.15) is 22.4 Å². The Hall–Kier alpha value is -3.36. The van der Waals surface area contributed by atoms with Crippen molar-refractivity contribution >= 4 is 39.2 Å². The summed E-state index contributed by atoms with van der Waals surface area (Å²) in [5.74, 6) is 0.00343. The van der Waals surface area contributed by atoms with Crippen LogP contribution in [0.4, 0.5) is 10.2 Å². The number of piperidine rings is 1. The van der Waals surface area contributed by atoms with Crippen molar-refractivity contribution in [1.29, 1.82) is 0 Å². The number of methoxy groups -OCH3 is 1. The first-order valence-corrected chi connectivity index (χ1v) is 20.2. The number of halogens is 2. The van der Waals surface area contributed by atoms with Crippen LogP contribution < -0.4 is 14.4 Å². The smallest absolute Gasteiger partial charge is 0.319 e. The Morgan fingerprint density at radius 1 is 1.06 bits per heavy atom. The van der Waals surface area contributed by atoms with Crippen LogP contribution >= 0.6 is 11.6 Å². The third-order valence-electron chi connectivity index (χ3n) is 13.4. The Morgan fingerprint density at radius 2 is 1.91 bits per heavy atom. The standard InChI is InChI=1S/C40H51ClFN7O5/c1-24-28(41)18-29-27(19-43-47-29)31(24)34-33(42)35-32(37(44-34)51-2)36(48-14-5-16-53-26(20-48)21-50)46-38(45-35)54-23-40-9-3-6-30(40)49(15-4-10-40)25-7-11-39(12-8-25)13-17-52-22-39/h18-19,25-26,30,50H,3-17,20-23H2,1-2H3,(H,43,47)/t25?,26-,30?,39?,40?/m1/s1. The molecule has 3 aliphatic heterocycles. The van der Waals surface area contributed by atoms with Crippen molar-refractivity contribution in [2.45, 2.75) is 95.7 Å². The second-order valence-electron chi connectivity index (χ2n) is 16.4. The van der Waals surface area contributed by atoms with E-state index in [1.54, 1.807) is 12.3 Å². The van der Waals surface area contributed by atoms with E-state index >= 15 is 4.39 Å². The Bertz CT molecular complexity index is 2020. The number of hydrogen-bond donors (Lipinski definition) is 2. The fourth-order valence-corrected chi connectivity index (χ4v) is 10.8. The molecule has 2 unspecified atom stereocenters. The molecule has 2 N–H and O–H groups in total. The number of H-pyrrole nitrogens is 1. The molecule has 3 atom stereocenters. The Morgan fingerprint density at radius 3 is 2.70 bits per heavy atom. The molecule has 54 heavy (non-hydrogen) atoms. The van der Waals surface area contributed by atoms with Crippen molar-refractivity contribution in [1.82, 2.24) is 30.0 Å². The molecule has 1 spiro atoms. The van der Waals surface area contributed by atoms with Crippen LogP contribution in [-0.4, -0.2) is 113 Å². The largest absolute Gasteiger partial charge is 0.480 e. The number of nitrogens with zero attached hydrogens (tertiary/aromatic N) is 6. The van der Waals surface area contributed by atoms with Gasteiger partial charge in [0.05, 0.1) is 44.7 Å². The highest BCUT2D eigenvalue weighted by Crippen LogP contribution is 2.52. The first-order valence-electron chi connectivity index (χ1n) is 19.8. The van der Waals surface area contributed by atoms with Crippen LogP contribution in [0.3, 0.4) is 0 Å². The van der Waals surface area contributed by atoms with E-state index in [0.29, 0.717) is 88.5 Å². The molecule has 14 heteroatoms. The molecule has 6 heterocycles. The minimum Gasteiger partial charge on any atom is -0.480 e. The van der Waals surface area contributed by atoms with Crippen molar-refractivity contribution in [3.8, 4) is 23.1 Å². The number of hydrogen-bond acceptors (Lipinski definition) is 11. The number of aliphatic hydroxyl groups excluding tert-OH is 1. The summed E-state index contributed by atoms with van der Waals surface area (Å²) in [4.78, 5) is 19.5. The monoisotopic (exact) mass is 763 g/mol. The fraction of sp³-hybridized carbons (Fsp3) is 0.650. The molecule has 3 saturated heterocycles. The summed E-state index contributed by atoms with van der Waals surface area (Å²) in [5.41, 5.74) is 2.33. The number of anilines is 1. The molecule has 1 aromatic carbocycles. The van der Waals surface area contributed by atoms with Gasteiger partial charge in [-0.15, -0.1) is 0 Å². The molecule has 2 saturated carbocycles. The number of nitrogens with one attached hydrogen (secondary N) is 1. The van der Waals surface area contributed by atoms with Gasteiger partial charge >= 0.3 is 6.01 Å². The zero-order chi connectivity index (χ0) is 37.0. The molecule has 5 aliphatic rings. The van der Waals surface area contributed by atoms with E-state index in [1.807, 2.05) is 11.8 Å². The van der Waals surface area contributed by atoms with Gasteiger partial charge in [0.25, 0.3) is 0 Å². The van der Waals surface area contributed by atoms with Crippen molar-refractivity contribution in [2.24, 2.45) is 10.8 Å². The molecule has 9 rings (SSSR count). The Labute approximate surface area is 320 Å². The van der Waals surface area contributed by atoms with Crippen molar-refractivity contribution in [3.63, 3.8) is 0 Å². The number of pyridine rings is 1. The molecule has 12 nitrogen and oxygen atoms in total. The van der Waals surface area contributed by atoms with Gasteiger partial charge in [-0.25, -0.2) is 9.37 Å². The van der Waals surface area contributed by atoms with Crippen LogP contribution in [0.5, 0.6) is 11.9 Å². The Balaban J connectivity index is 1.10. The molecule has 3 aromatic heterocycles. The summed E-state index contributed by atoms with van der Waals surface area (Å²) in [6, 6.07) is 2.93. The quantitative estimate of drug-likeness (QED) is 0.201. The van der Waals surface area contributed by atoms with Crippen LogP contribution in [0.1, 0.15) is 76.2 Å². The minimum absolute atomic E-state index is 0.0226. The van der Waals surface area contributed by atoms with Crippen LogP contribution in [-0.2, 0) is 9.47 Å². The molecule has 0 amide bonds. The minimum atomic E-state index is -0.625. The number of rotatable bonds is 8. The number of benzene rings is 1. The maximum atomic E-state index is 17.3. The number of fused-ring (bicyclic) bond motifs is 3. The molecule has 0 bridgehead atoms. The van der Waals surface area contributed by atoms with E-state index in [9.17, 15) is 5.11 Å². The number of aliphatic hydroxyl groups is 1. The van der Waals surface area contributed by atoms with Crippen molar-refractivity contribution in [3.05, 3.63) is 28.7 Å². The second-order valence-corrected chi connectivity index (χ2v) is 16.8. The average molecular weight is 764 g/mol. The summed E-state index contributed by atoms with van der Waals surface area (Å²) in [6.45, 7) is 6.55. The normalized spacial score (nSPS) is 29.3. The van der Waals surface area contributed by atoms with E-state index in [4.69, 9.17) is 45.5 Å². The van der Waals surface area contributed by atoms with Gasteiger partial charge in [-0.2, -0.15) is 15.1 Å². The third kappa shape index (κ3) is 6.27. The SMILES string of the molecule is COc1nc(-c2c(C)c(Cl)cc3[nH]ncc23)c(F)c2nc(OCC34CCCC3N(C3CCC5(CCOC5)CC3)CCC4)nc(N3CCCO[C@@H](CO)C3)c12. The second kappa shape index (κ2) is 14.6. The lowest BCUT2D eigenvalue weighted by atomic mass is 9.69. The van der Waals surface area contributed by atoms with Gasteiger partial charge in [0.15, 0.2) is 5.82 Å². The first-order chi connectivity index (χ1) is 26.3. The predicted octanol–water partition coefficient (Wildman–Crippen LogP) is 6.63. The van der Waals surface area contributed by atoms with E-state index in [1.165, 1.54) is 39.2 Å². The summed E-state index contributed by atoms with van der Waals surface area (Å²) >= 11 is 6.66. The van der Waals surface area contributed by atoms with Crippen LogP contribution in [0.25, 0.3) is 33.1 Å². The third-order valence-corrected chi connectivity index (χ3v) is 13.8. The van der Waals surface area contributed by atoms with E-state index < -0.39 is 11.9 Å². The van der Waals surface area contributed by atoms with Gasteiger partial charge in [-0.05, 0) is 94.7 Å². The summed E-state index contributed by atoms with van der Waals surface area (Å²) < 4.78 is 41.7. The number of likely N-dealkylation sites (tertiary alicyclic amines) is 1. The average Bonchev–Trinajstić information content (AvgIpc) is 3.92. The van der Waals surface area contributed by atoms with E-state index in [0.717, 1.165) is 51.9 Å². The van der Waals surface area contributed by atoms with Crippen LogP contribution in [0.15, 0.2) is 12.3 Å². The first kappa shape index (κ1) is 36.3. The van der Waals surface area contributed by atoms with Gasteiger partial charge < -0.3 is 29.0 Å². The molecule has 4 aromatic rings. The molecule has 290 valence electrons. The topological polar surface area (TPSA) is 131 Å². The lowest BCUT2D eigenvalue weighted by Crippen LogP contribution is -2.56. The Kier molecular flexibility index (Phi) is 9.82. The predicted molar refractivity (Wildman–Crippen MR) is 204 cm³/mol. The molecular weight excluding hydrogens is 713 g/mol. The summed E-state index contributed by atoms with van der Waals surface area (Å²) in [5, 5.41) is 18.8. The lowest BCUT2D eigenvalue weighted by Gasteiger charge is -2.51. The molecule has 2 aliphatic carbocycles. The van der Waals surface area contributed by atoms with Gasteiger partial charge in [0.2, 0.25) is 5.88 Å². The maximum absolute atomic E-state index is 17.3. The van der Waals surface area contributed by atoms with E-state index in [-0.39, 0.29) is 35.1 Å². The van der Waals surface area contributed by atoms with Gasteiger partial charge in [-0.3, -0.25) is 10.00 Å². The highest BCUT2D eigenvalue weighted by molar-refractivity contribution is 6.33. The maximum Gasteiger partial charge on any atom is 0.319 e.